The summed E-state index contributed by atoms with van der Waals surface area (Å²) >= 11 is 14.4. The molecule has 0 saturated carbocycles. The minimum Gasteiger partial charge on any atom is -0.489 e. The van der Waals surface area contributed by atoms with Gasteiger partial charge in [-0.3, -0.25) is 0 Å². The molecule has 0 amide bonds. The van der Waals surface area contributed by atoms with Crippen LogP contribution in [0, 0.1) is 0 Å². The Kier molecular flexibility index (Phi) is 7.20. The van der Waals surface area contributed by atoms with Gasteiger partial charge in [-0.2, -0.15) is 0 Å². The molecule has 0 atom stereocenters. The van der Waals surface area contributed by atoms with Crippen LogP contribution in [0.15, 0.2) is 65.2 Å². The Morgan fingerprint density at radius 1 is 1.05 bits per heavy atom. The maximum Gasteiger partial charge on any atom is 0.337 e. The molecule has 37 heavy (non-hydrogen) atoms. The van der Waals surface area contributed by atoms with E-state index in [0.717, 1.165) is 32.1 Å². The van der Waals surface area contributed by atoms with Crippen LogP contribution < -0.4 is 4.74 Å². The SMILES string of the molecule is COC(=O)c1cccc(-c2nc3ccc(OCc4c(-c5c(Cl)cccc5Cl)noc4C(C)C)cc3s2)c1. The maximum atomic E-state index is 11.9. The molecule has 5 rings (SSSR count). The summed E-state index contributed by atoms with van der Waals surface area (Å²) in [7, 11) is 1.37. The van der Waals surface area contributed by atoms with Crippen molar-refractivity contribution in [2.45, 2.75) is 26.4 Å². The number of thiazole rings is 1. The first kappa shape index (κ1) is 25.3. The zero-order chi connectivity index (χ0) is 26.1. The second-order valence-electron chi connectivity index (χ2n) is 8.63. The predicted molar refractivity (Wildman–Crippen MR) is 147 cm³/mol. The maximum absolute atomic E-state index is 11.9. The summed E-state index contributed by atoms with van der Waals surface area (Å²) < 4.78 is 17.7. The van der Waals surface area contributed by atoms with E-state index in [1.54, 1.807) is 30.3 Å². The minimum absolute atomic E-state index is 0.0911. The molecule has 0 aliphatic carbocycles. The Morgan fingerprint density at radius 2 is 1.81 bits per heavy atom. The van der Waals surface area contributed by atoms with Crippen LogP contribution in [0.5, 0.6) is 5.75 Å². The first-order valence-electron chi connectivity index (χ1n) is 11.5. The van der Waals surface area contributed by atoms with Crippen LogP contribution in [0.2, 0.25) is 10.0 Å². The molecule has 2 aromatic heterocycles. The summed E-state index contributed by atoms with van der Waals surface area (Å²) in [6.07, 6.45) is 0. The third-order valence-electron chi connectivity index (χ3n) is 5.82. The molecule has 9 heteroatoms. The number of nitrogens with zero attached hydrogens (tertiary/aromatic N) is 2. The summed E-state index contributed by atoms with van der Waals surface area (Å²) in [4.78, 5) is 16.6. The number of fused-ring (bicyclic) bond motifs is 1. The van der Waals surface area contributed by atoms with E-state index in [9.17, 15) is 4.79 Å². The average molecular weight is 553 g/mol. The van der Waals surface area contributed by atoms with E-state index in [1.165, 1.54) is 18.4 Å². The first-order valence-corrected chi connectivity index (χ1v) is 13.1. The number of carbonyl (C=O) groups excluding carboxylic acids is 1. The van der Waals surface area contributed by atoms with Crippen LogP contribution in [-0.2, 0) is 11.3 Å². The van der Waals surface area contributed by atoms with Gasteiger partial charge in [0.05, 0.1) is 38.5 Å². The molecule has 0 spiro atoms. The van der Waals surface area contributed by atoms with E-state index in [0.29, 0.717) is 32.6 Å². The van der Waals surface area contributed by atoms with Crippen molar-refractivity contribution in [1.82, 2.24) is 10.1 Å². The number of benzene rings is 3. The third kappa shape index (κ3) is 5.07. The lowest BCUT2D eigenvalue weighted by molar-refractivity contribution is 0.0601. The minimum atomic E-state index is -0.384. The number of ether oxygens (including phenoxy) is 2. The van der Waals surface area contributed by atoms with Crippen LogP contribution in [0.25, 0.3) is 32.0 Å². The number of halogens is 2. The standard InChI is InChI=1S/C28H22Cl2N2O4S/c1-15(2)26-19(25(32-36-26)24-20(29)8-5-9-21(24)30)14-35-18-10-11-22-23(13-18)37-27(31-22)16-6-4-7-17(12-16)28(33)34-3/h4-13,15H,14H2,1-3H3. The fourth-order valence-electron chi connectivity index (χ4n) is 4.01. The van der Waals surface area contributed by atoms with Crippen molar-refractivity contribution in [1.29, 1.82) is 0 Å². The second kappa shape index (κ2) is 10.5. The summed E-state index contributed by atoms with van der Waals surface area (Å²) in [5, 5.41) is 6.08. The number of aromatic nitrogens is 2. The molecule has 0 fully saturated rings. The number of hydrogen-bond acceptors (Lipinski definition) is 7. The molecule has 0 bridgehead atoms. The lowest BCUT2D eigenvalue weighted by Gasteiger charge is -2.10. The smallest absolute Gasteiger partial charge is 0.337 e. The van der Waals surface area contributed by atoms with Gasteiger partial charge >= 0.3 is 5.97 Å². The zero-order valence-corrected chi connectivity index (χ0v) is 22.6. The molecule has 0 N–H and O–H groups in total. The highest BCUT2D eigenvalue weighted by Crippen LogP contribution is 2.39. The quantitative estimate of drug-likeness (QED) is 0.188. The molecule has 2 heterocycles. The first-order chi connectivity index (χ1) is 17.9. The van der Waals surface area contributed by atoms with E-state index in [2.05, 4.69) is 5.16 Å². The van der Waals surface area contributed by atoms with Gasteiger partial charge in [0.15, 0.2) is 0 Å². The largest absolute Gasteiger partial charge is 0.489 e. The summed E-state index contributed by atoms with van der Waals surface area (Å²) in [6, 6.07) is 18.3. The Balaban J connectivity index is 1.44. The molecular weight excluding hydrogens is 531 g/mol. The number of carbonyl (C=O) groups is 1. The molecule has 0 aliphatic rings. The van der Waals surface area contributed by atoms with Gasteiger partial charge in [-0.15, -0.1) is 11.3 Å². The van der Waals surface area contributed by atoms with Crippen LogP contribution in [0.4, 0.5) is 0 Å². The molecule has 5 aromatic rings. The van der Waals surface area contributed by atoms with E-state index >= 15 is 0 Å². The van der Waals surface area contributed by atoms with Gasteiger partial charge < -0.3 is 14.0 Å². The average Bonchev–Trinajstić information content (AvgIpc) is 3.51. The van der Waals surface area contributed by atoms with Gasteiger partial charge in [0.1, 0.15) is 28.8 Å². The second-order valence-corrected chi connectivity index (χ2v) is 10.5. The van der Waals surface area contributed by atoms with Gasteiger partial charge in [0.2, 0.25) is 0 Å². The number of rotatable bonds is 7. The Hall–Kier alpha value is -3.39. The highest BCUT2D eigenvalue weighted by Gasteiger charge is 2.24. The number of esters is 1. The van der Waals surface area contributed by atoms with E-state index in [4.69, 9.17) is 42.2 Å². The van der Waals surface area contributed by atoms with Crippen LogP contribution >= 0.6 is 34.5 Å². The van der Waals surface area contributed by atoms with Gasteiger partial charge in [-0.25, -0.2) is 9.78 Å². The van der Waals surface area contributed by atoms with Gasteiger partial charge in [0, 0.05) is 17.0 Å². The van der Waals surface area contributed by atoms with Crippen molar-refractivity contribution < 1.29 is 18.8 Å². The molecule has 0 aliphatic heterocycles. The molecular formula is C28H22Cl2N2O4S. The molecule has 0 unspecified atom stereocenters. The van der Waals surface area contributed by atoms with E-state index in [1.807, 2.05) is 44.2 Å². The number of methoxy groups -OCH3 is 1. The Bertz CT molecular complexity index is 1590. The molecule has 3 aromatic carbocycles. The zero-order valence-electron chi connectivity index (χ0n) is 20.2. The highest BCUT2D eigenvalue weighted by atomic mass is 35.5. The monoisotopic (exact) mass is 552 g/mol. The van der Waals surface area contributed by atoms with E-state index in [-0.39, 0.29) is 18.5 Å². The Morgan fingerprint density at radius 3 is 2.54 bits per heavy atom. The normalized spacial score (nSPS) is 11.3. The molecule has 0 radical (unpaired) electrons. The molecule has 188 valence electrons. The van der Waals surface area contributed by atoms with E-state index < -0.39 is 0 Å². The van der Waals surface area contributed by atoms with Crippen molar-refractivity contribution in [3.8, 4) is 27.6 Å². The van der Waals surface area contributed by atoms with Crippen LogP contribution in [-0.4, -0.2) is 23.2 Å². The van der Waals surface area contributed by atoms with Crippen molar-refractivity contribution >= 4 is 50.7 Å². The van der Waals surface area contributed by atoms with Crippen molar-refractivity contribution in [2.75, 3.05) is 7.11 Å². The van der Waals surface area contributed by atoms with Gasteiger partial charge in [-0.05, 0) is 42.5 Å². The lowest BCUT2D eigenvalue weighted by atomic mass is 10.0. The predicted octanol–water partition coefficient (Wildman–Crippen LogP) is 8.41. The van der Waals surface area contributed by atoms with Crippen molar-refractivity contribution in [3.05, 3.63) is 87.6 Å². The molecule has 6 nitrogen and oxygen atoms in total. The fourth-order valence-corrected chi connectivity index (χ4v) is 5.57. The highest BCUT2D eigenvalue weighted by molar-refractivity contribution is 7.21. The topological polar surface area (TPSA) is 74.5 Å². The number of hydrogen-bond donors (Lipinski definition) is 0. The Labute approximate surface area is 227 Å². The molecule has 0 saturated heterocycles. The summed E-state index contributed by atoms with van der Waals surface area (Å²) in [6.45, 7) is 4.29. The lowest BCUT2D eigenvalue weighted by Crippen LogP contribution is -2.01. The van der Waals surface area contributed by atoms with Crippen molar-refractivity contribution in [2.24, 2.45) is 0 Å². The van der Waals surface area contributed by atoms with Crippen LogP contribution in [0.1, 0.15) is 41.4 Å². The summed E-state index contributed by atoms with van der Waals surface area (Å²) in [5.41, 5.74) is 4.16. The van der Waals surface area contributed by atoms with Crippen LogP contribution in [0.3, 0.4) is 0 Å². The summed E-state index contributed by atoms with van der Waals surface area (Å²) in [5.74, 6) is 1.11. The fraction of sp³-hybridized carbons (Fsp3) is 0.179. The van der Waals surface area contributed by atoms with Gasteiger partial charge in [0.25, 0.3) is 0 Å². The van der Waals surface area contributed by atoms with Crippen molar-refractivity contribution in [3.63, 3.8) is 0 Å². The third-order valence-corrected chi connectivity index (χ3v) is 7.51. The van der Waals surface area contributed by atoms with Gasteiger partial charge in [-0.1, -0.05) is 60.4 Å².